The average molecular weight is 360 g/mol. The van der Waals surface area contributed by atoms with Crippen molar-refractivity contribution in [1.82, 2.24) is 10.2 Å². The summed E-state index contributed by atoms with van der Waals surface area (Å²) in [4.78, 5) is 26.4. The molecular weight excluding hydrogens is 332 g/mol. The molecule has 0 radical (unpaired) electrons. The molecule has 0 unspecified atom stereocenters. The predicted molar refractivity (Wildman–Crippen MR) is 98.5 cm³/mol. The smallest absolute Gasteiger partial charge is 0.253 e. The number of carbonyl (C=O) groups is 2. The van der Waals surface area contributed by atoms with Gasteiger partial charge in [-0.05, 0) is 56.7 Å². The highest BCUT2D eigenvalue weighted by Gasteiger charge is 2.40. The second-order valence-electron chi connectivity index (χ2n) is 7.60. The molecule has 1 aromatic carbocycles. The average Bonchev–Trinajstić information content (AvgIpc) is 3.03. The fraction of sp³-hybridized carbons (Fsp3) is 0.600. The first-order chi connectivity index (χ1) is 12.4. The Morgan fingerprint density at radius 1 is 1.23 bits per heavy atom. The maximum Gasteiger partial charge on any atom is 0.253 e. The summed E-state index contributed by atoms with van der Waals surface area (Å²) in [6, 6.07) is 5.48. The Morgan fingerprint density at radius 3 is 2.65 bits per heavy atom. The van der Waals surface area contributed by atoms with Crippen LogP contribution in [0.1, 0.15) is 43.5 Å². The lowest BCUT2D eigenvalue weighted by Crippen LogP contribution is -2.38. The normalized spacial score (nSPS) is 24.8. The van der Waals surface area contributed by atoms with Crippen LogP contribution in [0.25, 0.3) is 0 Å². The number of methoxy groups -OCH3 is 1. The zero-order valence-corrected chi connectivity index (χ0v) is 16.0. The van der Waals surface area contributed by atoms with Crippen molar-refractivity contribution in [3.05, 3.63) is 23.8 Å². The standard InChI is InChI=1S/C20H28N2O4/c1-12(2)26-17-6-5-13(9-18(17)25-4)20(24)22(3)16-7-14-10-19(23)21-11-15(14)8-16/h5-6,9,12,14-16H,7-8,10-11H2,1-4H3,(H,21,23)/t14-,15+,16-/m1/s1. The van der Waals surface area contributed by atoms with E-state index in [1.807, 2.05) is 25.8 Å². The predicted octanol–water partition coefficient (Wildman–Crippen LogP) is 2.47. The van der Waals surface area contributed by atoms with Gasteiger partial charge in [0.25, 0.3) is 5.91 Å². The summed E-state index contributed by atoms with van der Waals surface area (Å²) < 4.78 is 11.1. The Morgan fingerprint density at radius 2 is 1.96 bits per heavy atom. The molecule has 1 saturated carbocycles. The topological polar surface area (TPSA) is 67.9 Å². The van der Waals surface area contributed by atoms with E-state index in [1.165, 1.54) is 0 Å². The van der Waals surface area contributed by atoms with E-state index in [0.717, 1.165) is 19.4 Å². The Balaban J connectivity index is 1.71. The molecule has 0 aromatic heterocycles. The zero-order chi connectivity index (χ0) is 18.8. The van der Waals surface area contributed by atoms with Crippen LogP contribution in [0.2, 0.25) is 0 Å². The molecular formula is C20H28N2O4. The van der Waals surface area contributed by atoms with Crippen LogP contribution >= 0.6 is 0 Å². The molecule has 3 atom stereocenters. The van der Waals surface area contributed by atoms with E-state index < -0.39 is 0 Å². The van der Waals surface area contributed by atoms with Crippen LogP contribution in [-0.2, 0) is 4.79 Å². The number of ether oxygens (including phenoxy) is 2. The van der Waals surface area contributed by atoms with Gasteiger partial charge in [0.1, 0.15) is 0 Å². The van der Waals surface area contributed by atoms with Gasteiger partial charge in [-0.2, -0.15) is 0 Å². The van der Waals surface area contributed by atoms with Gasteiger partial charge < -0.3 is 19.7 Å². The molecule has 1 aliphatic carbocycles. The first-order valence-electron chi connectivity index (χ1n) is 9.27. The number of nitrogens with one attached hydrogen (secondary N) is 1. The first kappa shape index (κ1) is 18.5. The molecule has 0 bridgehead atoms. The van der Waals surface area contributed by atoms with Crippen molar-refractivity contribution in [2.45, 2.75) is 45.3 Å². The molecule has 1 saturated heterocycles. The van der Waals surface area contributed by atoms with E-state index in [2.05, 4.69) is 5.32 Å². The Bertz CT molecular complexity index is 688. The zero-order valence-electron chi connectivity index (χ0n) is 16.0. The molecule has 1 N–H and O–H groups in total. The minimum Gasteiger partial charge on any atom is -0.493 e. The van der Waals surface area contributed by atoms with Crippen molar-refractivity contribution < 1.29 is 19.1 Å². The van der Waals surface area contributed by atoms with Crippen molar-refractivity contribution in [1.29, 1.82) is 0 Å². The molecule has 2 fully saturated rings. The molecule has 1 heterocycles. The highest BCUT2D eigenvalue weighted by Crippen LogP contribution is 2.39. The molecule has 26 heavy (non-hydrogen) atoms. The summed E-state index contributed by atoms with van der Waals surface area (Å²) in [5.74, 6) is 2.17. The van der Waals surface area contributed by atoms with Crippen molar-refractivity contribution in [2.75, 3.05) is 20.7 Å². The number of carbonyl (C=O) groups excluding carboxylic acids is 2. The highest BCUT2D eigenvalue weighted by atomic mass is 16.5. The molecule has 2 amide bonds. The van der Waals surface area contributed by atoms with E-state index in [4.69, 9.17) is 9.47 Å². The van der Waals surface area contributed by atoms with Gasteiger partial charge in [0.05, 0.1) is 13.2 Å². The molecule has 1 aromatic rings. The van der Waals surface area contributed by atoms with Crippen LogP contribution in [-0.4, -0.2) is 49.6 Å². The number of rotatable bonds is 5. The van der Waals surface area contributed by atoms with Crippen molar-refractivity contribution in [2.24, 2.45) is 11.8 Å². The molecule has 142 valence electrons. The SMILES string of the molecule is COc1cc(C(=O)N(C)[C@H]2C[C@H]3CNC(=O)C[C@H]3C2)ccc1OC(C)C. The van der Waals surface area contributed by atoms with Crippen molar-refractivity contribution in [3.63, 3.8) is 0 Å². The highest BCUT2D eigenvalue weighted by molar-refractivity contribution is 5.95. The number of amides is 2. The lowest BCUT2D eigenvalue weighted by molar-refractivity contribution is -0.124. The Labute approximate surface area is 154 Å². The van der Waals surface area contributed by atoms with E-state index in [0.29, 0.717) is 35.3 Å². The van der Waals surface area contributed by atoms with Gasteiger partial charge in [0.2, 0.25) is 5.91 Å². The first-order valence-corrected chi connectivity index (χ1v) is 9.27. The summed E-state index contributed by atoms with van der Waals surface area (Å²) in [6.45, 7) is 4.63. The van der Waals surface area contributed by atoms with Crippen LogP contribution in [0.3, 0.4) is 0 Å². The number of benzene rings is 1. The lowest BCUT2D eigenvalue weighted by Gasteiger charge is -2.25. The largest absolute Gasteiger partial charge is 0.493 e. The van der Waals surface area contributed by atoms with Gasteiger partial charge >= 0.3 is 0 Å². The number of hydrogen-bond donors (Lipinski definition) is 1. The van der Waals surface area contributed by atoms with Crippen molar-refractivity contribution >= 4 is 11.8 Å². The van der Waals surface area contributed by atoms with Gasteiger partial charge in [-0.1, -0.05) is 0 Å². The van der Waals surface area contributed by atoms with E-state index in [-0.39, 0.29) is 24.0 Å². The van der Waals surface area contributed by atoms with Crippen LogP contribution < -0.4 is 14.8 Å². The van der Waals surface area contributed by atoms with Crippen LogP contribution in [0.5, 0.6) is 11.5 Å². The third kappa shape index (κ3) is 3.79. The molecule has 6 nitrogen and oxygen atoms in total. The maximum absolute atomic E-state index is 13.0. The summed E-state index contributed by atoms with van der Waals surface area (Å²) in [5.41, 5.74) is 0.588. The van der Waals surface area contributed by atoms with Crippen LogP contribution in [0.4, 0.5) is 0 Å². The number of fused-ring (bicyclic) bond motifs is 1. The molecule has 3 rings (SSSR count). The summed E-state index contributed by atoms with van der Waals surface area (Å²) >= 11 is 0. The Kier molecular flexibility index (Phi) is 5.39. The van der Waals surface area contributed by atoms with E-state index in [1.54, 1.807) is 25.3 Å². The molecule has 0 spiro atoms. The van der Waals surface area contributed by atoms with Gasteiger partial charge in [0, 0.05) is 31.6 Å². The third-order valence-corrected chi connectivity index (χ3v) is 5.47. The van der Waals surface area contributed by atoms with Gasteiger partial charge in [-0.25, -0.2) is 0 Å². The van der Waals surface area contributed by atoms with Crippen molar-refractivity contribution in [3.8, 4) is 11.5 Å². The molecule has 6 heteroatoms. The fourth-order valence-electron chi connectivity index (χ4n) is 4.07. The monoisotopic (exact) mass is 360 g/mol. The van der Waals surface area contributed by atoms with Gasteiger partial charge in [0.15, 0.2) is 11.5 Å². The second kappa shape index (κ2) is 7.56. The Hall–Kier alpha value is -2.24. The molecule has 2 aliphatic rings. The van der Waals surface area contributed by atoms with Gasteiger partial charge in [-0.15, -0.1) is 0 Å². The fourth-order valence-corrected chi connectivity index (χ4v) is 4.07. The molecule has 1 aliphatic heterocycles. The third-order valence-electron chi connectivity index (χ3n) is 5.47. The summed E-state index contributed by atoms with van der Waals surface area (Å²) in [6.07, 6.45) is 2.45. The van der Waals surface area contributed by atoms with Gasteiger partial charge in [-0.3, -0.25) is 9.59 Å². The minimum atomic E-state index is -0.0256. The summed E-state index contributed by atoms with van der Waals surface area (Å²) in [7, 11) is 3.43. The second-order valence-corrected chi connectivity index (χ2v) is 7.60. The number of piperidine rings is 1. The quantitative estimate of drug-likeness (QED) is 0.876. The van der Waals surface area contributed by atoms with E-state index in [9.17, 15) is 9.59 Å². The summed E-state index contributed by atoms with van der Waals surface area (Å²) in [5, 5.41) is 2.94. The lowest BCUT2D eigenvalue weighted by atomic mass is 9.89. The van der Waals surface area contributed by atoms with Crippen LogP contribution in [0.15, 0.2) is 18.2 Å². The number of hydrogen-bond acceptors (Lipinski definition) is 4. The van der Waals surface area contributed by atoms with Crippen LogP contribution in [0, 0.1) is 11.8 Å². The number of nitrogens with zero attached hydrogens (tertiary/aromatic N) is 1. The van der Waals surface area contributed by atoms with E-state index >= 15 is 0 Å². The maximum atomic E-state index is 13.0. The minimum absolute atomic E-state index is 0.0256.